The summed E-state index contributed by atoms with van der Waals surface area (Å²) < 4.78 is 28.6. The number of anilines is 2. The summed E-state index contributed by atoms with van der Waals surface area (Å²) in [5, 5.41) is 2.70. The van der Waals surface area contributed by atoms with Crippen LogP contribution in [-0.4, -0.2) is 19.0 Å². The number of amides is 1. The summed E-state index contributed by atoms with van der Waals surface area (Å²) in [6.07, 6.45) is 8.03. The van der Waals surface area contributed by atoms with Crippen molar-refractivity contribution in [3.8, 4) is 0 Å². The molecule has 1 saturated heterocycles. The highest BCUT2D eigenvalue weighted by Crippen LogP contribution is 2.44. The van der Waals surface area contributed by atoms with Gasteiger partial charge in [-0.3, -0.25) is 4.79 Å². The van der Waals surface area contributed by atoms with Crippen LogP contribution >= 0.6 is 0 Å². The number of carbonyl (C=O) groups is 1. The normalized spacial score (nSPS) is 28.6. The molecule has 2 bridgehead atoms. The number of nitrogens with one attached hydrogen (secondary N) is 1. The van der Waals surface area contributed by atoms with Crippen LogP contribution < -0.4 is 10.2 Å². The highest BCUT2D eigenvalue weighted by molar-refractivity contribution is 5.93. The molecular formula is C18H20F2N2O. The van der Waals surface area contributed by atoms with E-state index in [9.17, 15) is 13.6 Å². The molecule has 4 rings (SSSR count). The minimum atomic E-state index is -0.602. The van der Waals surface area contributed by atoms with Crippen LogP contribution in [0, 0.1) is 29.4 Å². The van der Waals surface area contributed by atoms with Gasteiger partial charge in [-0.15, -0.1) is 0 Å². The smallest absolute Gasteiger partial charge is 0.228 e. The molecule has 2 aliphatic carbocycles. The van der Waals surface area contributed by atoms with Crippen LogP contribution in [-0.2, 0) is 4.79 Å². The molecule has 23 heavy (non-hydrogen) atoms. The third-order valence-corrected chi connectivity index (χ3v) is 5.32. The summed E-state index contributed by atoms with van der Waals surface area (Å²) in [4.78, 5) is 14.1. The molecule has 3 nitrogen and oxygen atoms in total. The maximum atomic E-state index is 14.3. The monoisotopic (exact) mass is 318 g/mol. The van der Waals surface area contributed by atoms with E-state index >= 15 is 0 Å². The van der Waals surface area contributed by atoms with Crippen LogP contribution in [0.15, 0.2) is 24.3 Å². The van der Waals surface area contributed by atoms with Gasteiger partial charge in [-0.05, 0) is 49.7 Å². The van der Waals surface area contributed by atoms with E-state index in [-0.39, 0.29) is 29.1 Å². The number of fused-ring (bicyclic) bond motifs is 2. The average Bonchev–Trinajstić information content (AvgIpc) is 3.24. The number of hydrogen-bond donors (Lipinski definition) is 1. The van der Waals surface area contributed by atoms with Gasteiger partial charge < -0.3 is 10.2 Å². The van der Waals surface area contributed by atoms with E-state index in [1.54, 1.807) is 4.90 Å². The molecule has 3 unspecified atom stereocenters. The van der Waals surface area contributed by atoms with Crippen LogP contribution in [0.5, 0.6) is 0 Å². The molecule has 0 spiro atoms. The Kier molecular flexibility index (Phi) is 3.58. The second-order valence-corrected chi connectivity index (χ2v) is 6.86. The summed E-state index contributed by atoms with van der Waals surface area (Å²) in [5.41, 5.74) is 0.239. The predicted octanol–water partition coefficient (Wildman–Crippen LogP) is 3.72. The molecular weight excluding hydrogens is 298 g/mol. The van der Waals surface area contributed by atoms with Crippen LogP contribution in [0.4, 0.5) is 20.2 Å². The largest absolute Gasteiger partial charge is 0.367 e. The van der Waals surface area contributed by atoms with Crippen molar-refractivity contribution in [3.63, 3.8) is 0 Å². The Morgan fingerprint density at radius 3 is 2.35 bits per heavy atom. The lowest BCUT2D eigenvalue weighted by atomic mass is 9.93. The Balaban J connectivity index is 1.51. The molecule has 0 aromatic heterocycles. The Morgan fingerprint density at radius 1 is 1.09 bits per heavy atom. The third-order valence-electron chi connectivity index (χ3n) is 5.32. The topological polar surface area (TPSA) is 32.3 Å². The van der Waals surface area contributed by atoms with Gasteiger partial charge in [-0.1, -0.05) is 12.2 Å². The van der Waals surface area contributed by atoms with Gasteiger partial charge in [0.25, 0.3) is 0 Å². The quantitative estimate of drug-likeness (QED) is 0.862. The molecule has 3 atom stereocenters. The zero-order chi connectivity index (χ0) is 16.0. The van der Waals surface area contributed by atoms with Crippen LogP contribution in [0.1, 0.15) is 25.7 Å². The van der Waals surface area contributed by atoms with E-state index in [4.69, 9.17) is 0 Å². The summed E-state index contributed by atoms with van der Waals surface area (Å²) in [5.74, 6) is -0.644. The Labute approximate surface area is 134 Å². The van der Waals surface area contributed by atoms with E-state index < -0.39 is 11.6 Å². The molecule has 1 aromatic rings. The van der Waals surface area contributed by atoms with Gasteiger partial charge in [0.05, 0.1) is 0 Å². The van der Waals surface area contributed by atoms with E-state index in [0.717, 1.165) is 25.7 Å². The number of allylic oxidation sites excluding steroid dienone is 2. The fraction of sp³-hybridized carbons (Fsp3) is 0.500. The number of nitrogens with zero attached hydrogens (tertiary/aromatic N) is 1. The van der Waals surface area contributed by atoms with Gasteiger partial charge in [-0.2, -0.15) is 0 Å². The predicted molar refractivity (Wildman–Crippen MR) is 85.3 cm³/mol. The van der Waals surface area contributed by atoms with Gasteiger partial charge in [0.15, 0.2) is 11.6 Å². The lowest BCUT2D eigenvalue weighted by Gasteiger charge is -2.21. The van der Waals surface area contributed by atoms with Crippen LogP contribution in [0.2, 0.25) is 0 Å². The van der Waals surface area contributed by atoms with E-state index in [1.807, 2.05) is 0 Å². The molecule has 5 heteroatoms. The highest BCUT2D eigenvalue weighted by Gasteiger charge is 2.39. The van der Waals surface area contributed by atoms with Crippen molar-refractivity contribution in [2.45, 2.75) is 25.7 Å². The first-order chi connectivity index (χ1) is 11.1. The maximum absolute atomic E-state index is 14.3. The Hall–Kier alpha value is -1.91. The van der Waals surface area contributed by atoms with Crippen molar-refractivity contribution in [1.29, 1.82) is 0 Å². The van der Waals surface area contributed by atoms with E-state index in [0.29, 0.717) is 19.0 Å². The van der Waals surface area contributed by atoms with E-state index in [2.05, 4.69) is 17.5 Å². The number of carbonyl (C=O) groups excluding carboxylic acids is 1. The first kappa shape index (κ1) is 14.7. The molecule has 1 aromatic carbocycles. The molecule has 1 aliphatic heterocycles. The Bertz CT molecular complexity index is 644. The summed E-state index contributed by atoms with van der Waals surface area (Å²) >= 11 is 0. The Morgan fingerprint density at radius 2 is 1.78 bits per heavy atom. The summed E-state index contributed by atoms with van der Waals surface area (Å²) in [6, 6.07) is 2.47. The second kappa shape index (κ2) is 5.62. The fourth-order valence-corrected chi connectivity index (χ4v) is 4.20. The molecule has 1 amide bonds. The first-order valence-electron chi connectivity index (χ1n) is 8.35. The van der Waals surface area contributed by atoms with Gasteiger partial charge in [0.2, 0.25) is 5.91 Å². The number of benzene rings is 1. The van der Waals surface area contributed by atoms with Gasteiger partial charge in [0.1, 0.15) is 5.69 Å². The molecule has 1 heterocycles. The van der Waals surface area contributed by atoms with Crippen molar-refractivity contribution >= 4 is 17.3 Å². The zero-order valence-corrected chi connectivity index (χ0v) is 12.9. The number of hydrogen-bond acceptors (Lipinski definition) is 2. The fourth-order valence-electron chi connectivity index (χ4n) is 4.20. The molecule has 3 aliphatic rings. The minimum absolute atomic E-state index is 0.0309. The van der Waals surface area contributed by atoms with Crippen LogP contribution in [0.3, 0.4) is 0 Å². The molecule has 1 saturated carbocycles. The van der Waals surface area contributed by atoms with Crippen molar-refractivity contribution in [3.05, 3.63) is 35.9 Å². The van der Waals surface area contributed by atoms with Crippen LogP contribution in [0.25, 0.3) is 0 Å². The lowest BCUT2D eigenvalue weighted by Crippen LogP contribution is -2.26. The molecule has 0 radical (unpaired) electrons. The summed E-state index contributed by atoms with van der Waals surface area (Å²) in [6.45, 7) is 1.36. The number of rotatable bonds is 3. The van der Waals surface area contributed by atoms with Crippen molar-refractivity contribution in [2.75, 3.05) is 23.3 Å². The first-order valence-corrected chi connectivity index (χ1v) is 8.35. The summed E-state index contributed by atoms with van der Waals surface area (Å²) in [7, 11) is 0. The standard InChI is InChI=1S/C18H20F2N2O/c19-15-9-13(10-16(20)17(15)22-5-1-2-6-22)21-18(23)14-8-11-3-4-12(14)7-11/h3-4,9-12,14H,1-2,5-8H2,(H,21,23). The van der Waals surface area contributed by atoms with Crippen molar-refractivity contribution in [2.24, 2.45) is 17.8 Å². The maximum Gasteiger partial charge on any atom is 0.228 e. The van der Waals surface area contributed by atoms with Gasteiger partial charge >= 0.3 is 0 Å². The SMILES string of the molecule is O=C(Nc1cc(F)c(N2CCCC2)c(F)c1)C1CC2C=CC1C2. The second-order valence-electron chi connectivity index (χ2n) is 6.86. The highest BCUT2D eigenvalue weighted by atomic mass is 19.1. The zero-order valence-electron chi connectivity index (χ0n) is 12.9. The molecule has 2 fully saturated rings. The van der Waals surface area contributed by atoms with Gasteiger partial charge in [0, 0.05) is 24.7 Å². The molecule has 1 N–H and O–H groups in total. The number of halogens is 2. The van der Waals surface area contributed by atoms with E-state index in [1.165, 1.54) is 12.1 Å². The van der Waals surface area contributed by atoms with Crippen molar-refractivity contribution in [1.82, 2.24) is 0 Å². The average molecular weight is 318 g/mol. The minimum Gasteiger partial charge on any atom is -0.367 e. The van der Waals surface area contributed by atoms with Crippen molar-refractivity contribution < 1.29 is 13.6 Å². The lowest BCUT2D eigenvalue weighted by molar-refractivity contribution is -0.120. The molecule has 122 valence electrons. The van der Waals surface area contributed by atoms with Gasteiger partial charge in [-0.25, -0.2) is 8.78 Å². The third kappa shape index (κ3) is 2.62.